The first-order chi connectivity index (χ1) is 13.2. The van der Waals surface area contributed by atoms with Crippen molar-refractivity contribution in [3.63, 3.8) is 0 Å². The van der Waals surface area contributed by atoms with E-state index in [1.54, 1.807) is 0 Å². The minimum atomic E-state index is -1.10. The molecule has 4 heterocycles. The lowest BCUT2D eigenvalue weighted by Crippen LogP contribution is -2.39. The normalized spacial score (nSPS) is 32.7. The third kappa shape index (κ3) is 2.19. The molecule has 2 saturated heterocycles. The zero-order valence-corrected chi connectivity index (χ0v) is 14.4. The molecule has 0 spiro atoms. The molecule has 2 aromatic carbocycles. The van der Waals surface area contributed by atoms with Crippen LogP contribution in [0.3, 0.4) is 0 Å². The van der Waals surface area contributed by atoms with Gasteiger partial charge in [-0.1, -0.05) is 12.1 Å². The van der Waals surface area contributed by atoms with E-state index in [4.69, 9.17) is 28.4 Å². The fourth-order valence-corrected chi connectivity index (χ4v) is 4.43. The Morgan fingerprint density at radius 2 is 1.41 bits per heavy atom. The molecular formula is C20H18O7. The Bertz CT molecular complexity index is 913. The predicted molar refractivity (Wildman–Crippen MR) is 91.0 cm³/mol. The monoisotopic (exact) mass is 370 g/mol. The zero-order valence-electron chi connectivity index (χ0n) is 14.4. The van der Waals surface area contributed by atoms with Gasteiger partial charge in [-0.15, -0.1) is 0 Å². The Morgan fingerprint density at radius 3 is 2.15 bits per heavy atom. The number of fused-ring (bicyclic) bond motifs is 3. The number of rotatable bonds is 2. The second-order valence-electron chi connectivity index (χ2n) is 7.27. The van der Waals surface area contributed by atoms with Crippen LogP contribution in [0.5, 0.6) is 23.0 Å². The Morgan fingerprint density at radius 1 is 0.778 bits per heavy atom. The molecule has 0 radical (unpaired) electrons. The van der Waals surface area contributed by atoms with Gasteiger partial charge in [0, 0.05) is 5.92 Å². The highest BCUT2D eigenvalue weighted by Gasteiger charge is 2.59. The highest BCUT2D eigenvalue weighted by molar-refractivity contribution is 5.47. The number of hydrogen-bond donors (Lipinski definition) is 1. The molecule has 0 saturated carbocycles. The molecule has 1 N–H and O–H groups in total. The van der Waals surface area contributed by atoms with Crippen molar-refractivity contribution in [1.82, 2.24) is 0 Å². The Balaban J connectivity index is 1.31. The lowest BCUT2D eigenvalue weighted by molar-refractivity contribution is -0.0628. The highest BCUT2D eigenvalue weighted by Crippen LogP contribution is 2.54. The van der Waals surface area contributed by atoms with E-state index >= 15 is 0 Å². The van der Waals surface area contributed by atoms with Gasteiger partial charge in [0.2, 0.25) is 13.6 Å². The molecule has 4 atom stereocenters. The molecule has 140 valence electrons. The maximum Gasteiger partial charge on any atom is 0.231 e. The molecule has 0 unspecified atom stereocenters. The van der Waals surface area contributed by atoms with E-state index in [2.05, 4.69) is 0 Å². The SMILES string of the molecule is O[C@]12CO[C@H](c3ccc4c(c3)OCO4)[C@@H]1CO[C@@H]2c1ccc2c(c1)OCO2. The van der Waals surface area contributed by atoms with Gasteiger partial charge in [-0.05, 0) is 35.4 Å². The lowest BCUT2D eigenvalue weighted by atomic mass is 9.81. The van der Waals surface area contributed by atoms with Gasteiger partial charge in [-0.25, -0.2) is 0 Å². The van der Waals surface area contributed by atoms with Gasteiger partial charge in [0.1, 0.15) is 11.7 Å². The fraction of sp³-hybridized carbons (Fsp3) is 0.400. The van der Waals surface area contributed by atoms with Crippen molar-refractivity contribution >= 4 is 0 Å². The van der Waals surface area contributed by atoms with Crippen LogP contribution in [0.4, 0.5) is 0 Å². The molecule has 6 rings (SSSR count). The summed E-state index contributed by atoms with van der Waals surface area (Å²) in [6.45, 7) is 1.06. The van der Waals surface area contributed by atoms with Crippen LogP contribution in [0.1, 0.15) is 23.3 Å². The summed E-state index contributed by atoms with van der Waals surface area (Å²) in [5.74, 6) is 2.65. The summed E-state index contributed by atoms with van der Waals surface area (Å²) in [6, 6.07) is 11.4. The van der Waals surface area contributed by atoms with Crippen LogP contribution in [0.2, 0.25) is 0 Å². The molecule has 0 aromatic heterocycles. The summed E-state index contributed by atoms with van der Waals surface area (Å²) >= 11 is 0. The minimum Gasteiger partial charge on any atom is -0.454 e. The average Bonchev–Trinajstić information content (AvgIpc) is 3.43. The summed E-state index contributed by atoms with van der Waals surface area (Å²) in [6.07, 6.45) is -0.737. The standard InChI is InChI=1S/C20H18O7/c21-20-8-23-18(11-1-3-14-16(5-11)26-9-24-14)13(20)7-22-19(20)12-2-4-15-17(6-12)27-10-25-15/h1-6,13,18-19,21H,7-10H2/t13-,18+,19+,20+/m0/s1. The molecular weight excluding hydrogens is 352 g/mol. The van der Waals surface area contributed by atoms with Gasteiger partial charge in [0.05, 0.1) is 19.3 Å². The van der Waals surface area contributed by atoms with Crippen molar-refractivity contribution in [2.75, 3.05) is 26.8 Å². The smallest absolute Gasteiger partial charge is 0.231 e. The van der Waals surface area contributed by atoms with E-state index in [9.17, 15) is 5.11 Å². The second-order valence-corrected chi connectivity index (χ2v) is 7.27. The lowest BCUT2D eigenvalue weighted by Gasteiger charge is -2.27. The van der Waals surface area contributed by atoms with Crippen molar-refractivity contribution in [2.24, 2.45) is 5.92 Å². The molecule has 2 fully saturated rings. The first kappa shape index (κ1) is 15.6. The van der Waals surface area contributed by atoms with E-state index in [0.29, 0.717) is 23.9 Å². The Labute approximate surface area is 155 Å². The van der Waals surface area contributed by atoms with Gasteiger partial charge in [-0.2, -0.15) is 0 Å². The van der Waals surface area contributed by atoms with Crippen LogP contribution in [-0.2, 0) is 9.47 Å². The van der Waals surface area contributed by atoms with E-state index in [1.807, 2.05) is 36.4 Å². The van der Waals surface area contributed by atoms with E-state index in [1.165, 1.54) is 0 Å². The third-order valence-corrected chi connectivity index (χ3v) is 5.82. The number of hydrogen-bond acceptors (Lipinski definition) is 7. The third-order valence-electron chi connectivity index (χ3n) is 5.82. The van der Waals surface area contributed by atoms with Gasteiger partial charge >= 0.3 is 0 Å². The van der Waals surface area contributed by atoms with E-state index in [0.717, 1.165) is 16.9 Å². The van der Waals surface area contributed by atoms with Crippen molar-refractivity contribution in [1.29, 1.82) is 0 Å². The first-order valence-corrected chi connectivity index (χ1v) is 8.97. The van der Waals surface area contributed by atoms with Gasteiger partial charge < -0.3 is 33.5 Å². The number of ether oxygens (including phenoxy) is 6. The minimum absolute atomic E-state index is 0.173. The second kappa shape index (κ2) is 5.51. The van der Waals surface area contributed by atoms with Crippen molar-refractivity contribution < 1.29 is 33.5 Å². The first-order valence-electron chi connectivity index (χ1n) is 8.97. The molecule has 4 aliphatic rings. The van der Waals surface area contributed by atoms with Gasteiger partial charge in [0.25, 0.3) is 0 Å². The maximum atomic E-state index is 11.4. The van der Waals surface area contributed by atoms with Gasteiger partial charge in [0.15, 0.2) is 23.0 Å². The predicted octanol–water partition coefficient (Wildman–Crippen LogP) is 2.33. The van der Waals surface area contributed by atoms with Gasteiger partial charge in [-0.3, -0.25) is 0 Å². The number of aliphatic hydroxyl groups is 1. The van der Waals surface area contributed by atoms with E-state index in [-0.39, 0.29) is 32.2 Å². The fourth-order valence-electron chi connectivity index (χ4n) is 4.43. The molecule has 4 aliphatic heterocycles. The summed E-state index contributed by atoms with van der Waals surface area (Å²) in [5, 5.41) is 11.4. The quantitative estimate of drug-likeness (QED) is 0.870. The summed E-state index contributed by atoms with van der Waals surface area (Å²) in [4.78, 5) is 0. The van der Waals surface area contributed by atoms with Crippen LogP contribution < -0.4 is 18.9 Å². The summed E-state index contributed by atoms with van der Waals surface area (Å²) in [7, 11) is 0. The average molecular weight is 370 g/mol. The molecule has 2 aromatic rings. The molecule has 0 bridgehead atoms. The molecule has 7 heteroatoms. The molecule has 0 aliphatic carbocycles. The molecule has 0 amide bonds. The van der Waals surface area contributed by atoms with Crippen molar-refractivity contribution in [2.45, 2.75) is 17.8 Å². The summed E-state index contributed by atoms with van der Waals surface area (Å²) in [5.41, 5.74) is 0.712. The van der Waals surface area contributed by atoms with Crippen LogP contribution in [-0.4, -0.2) is 37.5 Å². The van der Waals surface area contributed by atoms with E-state index < -0.39 is 11.7 Å². The van der Waals surface area contributed by atoms with Crippen LogP contribution >= 0.6 is 0 Å². The molecule has 27 heavy (non-hydrogen) atoms. The topological polar surface area (TPSA) is 75.6 Å². The van der Waals surface area contributed by atoms with Crippen LogP contribution in [0, 0.1) is 5.92 Å². The van der Waals surface area contributed by atoms with Crippen LogP contribution in [0.25, 0.3) is 0 Å². The zero-order chi connectivity index (χ0) is 18.0. The molecule has 7 nitrogen and oxygen atoms in total. The number of benzene rings is 2. The Kier molecular flexibility index (Phi) is 3.18. The van der Waals surface area contributed by atoms with Crippen LogP contribution in [0.15, 0.2) is 36.4 Å². The van der Waals surface area contributed by atoms with Crippen molar-refractivity contribution in [3.05, 3.63) is 47.5 Å². The summed E-state index contributed by atoms with van der Waals surface area (Å²) < 4.78 is 33.7. The maximum absolute atomic E-state index is 11.4. The Hall–Kier alpha value is -2.48. The highest BCUT2D eigenvalue weighted by atomic mass is 16.7. The largest absolute Gasteiger partial charge is 0.454 e. The van der Waals surface area contributed by atoms with Crippen molar-refractivity contribution in [3.8, 4) is 23.0 Å².